The van der Waals surface area contributed by atoms with Crippen LogP contribution in [0.25, 0.3) is 0 Å². The minimum Gasteiger partial charge on any atom is -0.382 e. The number of allylic oxidation sites excluding steroid dienone is 4. The lowest BCUT2D eigenvalue weighted by atomic mass is 9.79. The second kappa shape index (κ2) is 6.83. The molecule has 2 nitrogen and oxygen atoms in total. The molecular formula is C18H28N2. The fraction of sp³-hybridized carbons (Fsp3) is 0.556. The lowest BCUT2D eigenvalue weighted by Gasteiger charge is -2.39. The molecule has 0 aromatic rings. The highest BCUT2D eigenvalue weighted by Gasteiger charge is 2.32. The van der Waals surface area contributed by atoms with E-state index in [-0.39, 0.29) is 11.1 Å². The molecule has 0 aromatic carbocycles. The zero-order valence-electron chi connectivity index (χ0n) is 12.9. The van der Waals surface area contributed by atoms with Crippen LogP contribution in [0, 0.1) is 0 Å². The van der Waals surface area contributed by atoms with Gasteiger partial charge in [0.15, 0.2) is 0 Å². The first-order valence-corrected chi connectivity index (χ1v) is 7.98. The van der Waals surface area contributed by atoms with E-state index in [1.165, 1.54) is 25.7 Å². The molecule has 110 valence electrons. The zero-order valence-corrected chi connectivity index (χ0v) is 12.9. The van der Waals surface area contributed by atoms with Crippen molar-refractivity contribution in [3.8, 4) is 0 Å². The molecule has 20 heavy (non-hydrogen) atoms. The van der Waals surface area contributed by atoms with Gasteiger partial charge in [0.2, 0.25) is 0 Å². The van der Waals surface area contributed by atoms with Crippen molar-refractivity contribution < 1.29 is 0 Å². The van der Waals surface area contributed by atoms with Gasteiger partial charge in [0.25, 0.3) is 0 Å². The van der Waals surface area contributed by atoms with Crippen LogP contribution >= 0.6 is 0 Å². The summed E-state index contributed by atoms with van der Waals surface area (Å²) in [6.07, 6.45) is 24.5. The highest BCUT2D eigenvalue weighted by molar-refractivity contribution is 5.23. The molecule has 0 aliphatic carbocycles. The Morgan fingerprint density at radius 1 is 0.650 bits per heavy atom. The third-order valence-corrected chi connectivity index (χ3v) is 4.40. The Kier molecular flexibility index (Phi) is 5.11. The van der Waals surface area contributed by atoms with Crippen molar-refractivity contribution in [2.45, 2.75) is 63.5 Å². The van der Waals surface area contributed by atoms with E-state index in [0.29, 0.717) is 0 Å². The molecular weight excluding hydrogens is 244 g/mol. The summed E-state index contributed by atoms with van der Waals surface area (Å²) in [5.41, 5.74) is 0.280. The number of dihydropyridines is 2. The van der Waals surface area contributed by atoms with Gasteiger partial charge >= 0.3 is 0 Å². The fourth-order valence-electron chi connectivity index (χ4n) is 3.33. The summed E-state index contributed by atoms with van der Waals surface area (Å²) in [5, 5.41) is 7.19. The van der Waals surface area contributed by atoms with E-state index in [1.54, 1.807) is 0 Å². The molecule has 2 atom stereocenters. The molecule has 2 N–H and O–H groups in total. The highest BCUT2D eigenvalue weighted by Crippen LogP contribution is 2.31. The molecule has 2 heterocycles. The fourth-order valence-corrected chi connectivity index (χ4v) is 3.33. The third-order valence-electron chi connectivity index (χ3n) is 4.40. The third kappa shape index (κ3) is 3.56. The maximum Gasteiger partial charge on any atom is 0.0554 e. The Morgan fingerprint density at radius 2 is 1.10 bits per heavy atom. The molecule has 0 fully saturated rings. The summed E-state index contributed by atoms with van der Waals surface area (Å²) in [4.78, 5) is 0. The first-order valence-electron chi connectivity index (χ1n) is 7.98. The van der Waals surface area contributed by atoms with Gasteiger partial charge < -0.3 is 10.6 Å². The van der Waals surface area contributed by atoms with Crippen molar-refractivity contribution in [1.82, 2.24) is 10.6 Å². The molecule has 0 amide bonds. The van der Waals surface area contributed by atoms with Crippen molar-refractivity contribution >= 4 is 0 Å². The predicted octanol–water partition coefficient (Wildman–Crippen LogP) is 4.19. The van der Waals surface area contributed by atoms with E-state index in [1.807, 2.05) is 0 Å². The van der Waals surface area contributed by atoms with Crippen LogP contribution in [0.5, 0.6) is 0 Å². The highest BCUT2D eigenvalue weighted by atomic mass is 15.0. The average molecular weight is 272 g/mol. The monoisotopic (exact) mass is 272 g/mol. The van der Waals surface area contributed by atoms with Crippen LogP contribution in [0.2, 0.25) is 0 Å². The first kappa shape index (κ1) is 15.0. The van der Waals surface area contributed by atoms with Gasteiger partial charge in [0.1, 0.15) is 0 Å². The van der Waals surface area contributed by atoms with Crippen LogP contribution in [0.1, 0.15) is 52.4 Å². The van der Waals surface area contributed by atoms with E-state index < -0.39 is 0 Å². The topological polar surface area (TPSA) is 24.1 Å². The molecule has 0 spiro atoms. The van der Waals surface area contributed by atoms with Gasteiger partial charge in [0, 0.05) is 0 Å². The second-order valence-corrected chi connectivity index (χ2v) is 6.04. The van der Waals surface area contributed by atoms with E-state index >= 15 is 0 Å². The van der Waals surface area contributed by atoms with Gasteiger partial charge in [0.05, 0.1) is 11.1 Å². The largest absolute Gasteiger partial charge is 0.382 e. The van der Waals surface area contributed by atoms with E-state index in [9.17, 15) is 0 Å². The Labute approximate surface area is 123 Å². The number of rotatable bonds is 7. The van der Waals surface area contributed by atoms with Gasteiger partial charge in [-0.05, 0) is 50.2 Å². The number of nitrogens with one attached hydrogen (secondary N) is 2. The van der Waals surface area contributed by atoms with Gasteiger partial charge in [-0.1, -0.05) is 51.0 Å². The zero-order chi connectivity index (χ0) is 14.3. The maximum absolute atomic E-state index is 3.60. The molecule has 2 heteroatoms. The van der Waals surface area contributed by atoms with Gasteiger partial charge in [-0.3, -0.25) is 0 Å². The van der Waals surface area contributed by atoms with Crippen molar-refractivity contribution in [3.63, 3.8) is 0 Å². The molecule has 0 saturated heterocycles. The summed E-state index contributed by atoms with van der Waals surface area (Å²) in [6.45, 7) is 4.53. The molecule has 0 saturated carbocycles. The molecule has 2 unspecified atom stereocenters. The van der Waals surface area contributed by atoms with E-state index in [4.69, 9.17) is 0 Å². The molecule has 0 aromatic heterocycles. The van der Waals surface area contributed by atoms with Crippen LogP contribution in [-0.4, -0.2) is 11.1 Å². The SMILES string of the molecule is CCCC1(CCC2(CCC)C=CC=CN2)C=CC=CN1. The Morgan fingerprint density at radius 3 is 1.40 bits per heavy atom. The molecule has 2 rings (SSSR count). The maximum atomic E-state index is 3.60. The number of hydrogen-bond acceptors (Lipinski definition) is 2. The summed E-state index contributed by atoms with van der Waals surface area (Å²) in [5.74, 6) is 0. The molecule has 2 aliphatic rings. The molecule has 0 bridgehead atoms. The van der Waals surface area contributed by atoms with Gasteiger partial charge in [-0.25, -0.2) is 0 Å². The lowest BCUT2D eigenvalue weighted by Crippen LogP contribution is -2.47. The minimum absolute atomic E-state index is 0.140. The smallest absolute Gasteiger partial charge is 0.0554 e. The van der Waals surface area contributed by atoms with Crippen LogP contribution < -0.4 is 10.6 Å². The Bertz CT molecular complexity index is 379. The molecule has 0 radical (unpaired) electrons. The Balaban J connectivity index is 2.03. The predicted molar refractivity (Wildman–Crippen MR) is 87.3 cm³/mol. The van der Waals surface area contributed by atoms with Crippen molar-refractivity contribution in [3.05, 3.63) is 48.9 Å². The van der Waals surface area contributed by atoms with Crippen molar-refractivity contribution in [2.75, 3.05) is 0 Å². The quantitative estimate of drug-likeness (QED) is 0.726. The van der Waals surface area contributed by atoms with Crippen molar-refractivity contribution in [2.24, 2.45) is 0 Å². The molecule has 2 aliphatic heterocycles. The Hall–Kier alpha value is -1.44. The van der Waals surface area contributed by atoms with E-state index in [2.05, 4.69) is 73.3 Å². The first-order chi connectivity index (χ1) is 9.74. The second-order valence-electron chi connectivity index (χ2n) is 6.04. The minimum atomic E-state index is 0.140. The lowest BCUT2D eigenvalue weighted by molar-refractivity contribution is 0.302. The summed E-state index contributed by atoms with van der Waals surface area (Å²) >= 11 is 0. The summed E-state index contributed by atoms with van der Waals surface area (Å²) < 4.78 is 0. The van der Waals surface area contributed by atoms with Gasteiger partial charge in [-0.15, -0.1) is 0 Å². The number of hydrogen-bond donors (Lipinski definition) is 2. The summed E-state index contributed by atoms with van der Waals surface area (Å²) in [6, 6.07) is 0. The van der Waals surface area contributed by atoms with E-state index in [0.717, 1.165) is 12.8 Å². The normalized spacial score (nSPS) is 31.1. The van der Waals surface area contributed by atoms with Crippen LogP contribution in [0.15, 0.2) is 48.9 Å². The van der Waals surface area contributed by atoms with Crippen LogP contribution in [0.4, 0.5) is 0 Å². The van der Waals surface area contributed by atoms with Crippen LogP contribution in [0.3, 0.4) is 0 Å². The average Bonchev–Trinajstić information content (AvgIpc) is 2.48. The summed E-state index contributed by atoms with van der Waals surface area (Å²) in [7, 11) is 0. The standard InChI is InChI=1S/C18H28N2/c1-3-9-17(11-5-7-15-19-17)13-14-18(10-4-2)12-6-8-16-20-18/h5-8,11-12,15-16,19-20H,3-4,9-10,13-14H2,1-2H3. The van der Waals surface area contributed by atoms with Crippen molar-refractivity contribution in [1.29, 1.82) is 0 Å². The van der Waals surface area contributed by atoms with Gasteiger partial charge in [-0.2, -0.15) is 0 Å². The van der Waals surface area contributed by atoms with Crippen LogP contribution in [-0.2, 0) is 0 Å².